The van der Waals surface area contributed by atoms with Crippen molar-refractivity contribution in [2.24, 2.45) is 0 Å². The predicted octanol–water partition coefficient (Wildman–Crippen LogP) is 6.35. The molecular formula is C28H24F4N2O4. The molecule has 3 aromatic carbocycles. The number of carbonyl (C=O) groups is 2. The summed E-state index contributed by atoms with van der Waals surface area (Å²) in [6.45, 7) is 0.812. The van der Waals surface area contributed by atoms with Gasteiger partial charge in [-0.1, -0.05) is 19.1 Å². The molecule has 0 aliphatic heterocycles. The molecule has 0 fully saturated rings. The Balaban J connectivity index is 1.93. The molecule has 4 aromatic rings. The summed E-state index contributed by atoms with van der Waals surface area (Å²) in [4.78, 5) is 25.4. The van der Waals surface area contributed by atoms with Crippen LogP contribution in [0.5, 0.6) is 5.75 Å². The van der Waals surface area contributed by atoms with E-state index >= 15 is 0 Å². The molecule has 2 N–H and O–H groups in total. The Morgan fingerprint density at radius 3 is 2.37 bits per heavy atom. The van der Waals surface area contributed by atoms with Crippen molar-refractivity contribution in [3.63, 3.8) is 0 Å². The first-order valence-electron chi connectivity index (χ1n) is 11.8. The molecule has 0 saturated carbocycles. The molecule has 1 heterocycles. The van der Waals surface area contributed by atoms with Gasteiger partial charge in [0, 0.05) is 41.7 Å². The summed E-state index contributed by atoms with van der Waals surface area (Å²) in [5.41, 5.74) is 1.55. The molecule has 0 unspecified atom stereocenters. The Labute approximate surface area is 215 Å². The lowest BCUT2D eigenvalue weighted by Crippen LogP contribution is -2.23. The Kier molecular flexibility index (Phi) is 7.70. The molecule has 198 valence electrons. The summed E-state index contributed by atoms with van der Waals surface area (Å²) >= 11 is 0. The molecule has 0 atom stereocenters. The number of fused-ring (bicyclic) bond motifs is 1. The number of benzene rings is 3. The zero-order chi connectivity index (χ0) is 27.4. The molecule has 4 rings (SSSR count). The Morgan fingerprint density at radius 1 is 0.974 bits per heavy atom. The van der Waals surface area contributed by atoms with Gasteiger partial charge in [0.1, 0.15) is 22.9 Å². The molecule has 0 radical (unpaired) electrons. The number of hydrogen-bond donors (Lipinski definition) is 2. The van der Waals surface area contributed by atoms with Crippen molar-refractivity contribution in [3.8, 4) is 28.2 Å². The van der Waals surface area contributed by atoms with Crippen LogP contribution in [-0.4, -0.2) is 38.2 Å². The Morgan fingerprint density at radius 2 is 1.71 bits per heavy atom. The topological polar surface area (TPSA) is 80.6 Å². The summed E-state index contributed by atoms with van der Waals surface area (Å²) in [7, 11) is 1.43. The van der Waals surface area contributed by atoms with Crippen LogP contribution < -0.4 is 15.4 Å². The lowest BCUT2D eigenvalue weighted by molar-refractivity contribution is -0.153. The zero-order valence-corrected chi connectivity index (χ0v) is 20.5. The average molecular weight is 529 g/mol. The third-order valence-electron chi connectivity index (χ3n) is 5.71. The van der Waals surface area contributed by atoms with Crippen LogP contribution in [-0.2, 0) is 0 Å². The monoisotopic (exact) mass is 528 g/mol. The number of rotatable bonds is 8. The maximum atomic E-state index is 13.5. The minimum absolute atomic E-state index is 0.0979. The number of halogens is 4. The highest BCUT2D eigenvalue weighted by atomic mass is 19.4. The third-order valence-corrected chi connectivity index (χ3v) is 5.71. The lowest BCUT2D eigenvalue weighted by Gasteiger charge is -2.14. The fourth-order valence-electron chi connectivity index (χ4n) is 3.95. The standard InChI is InChI=1S/C28H24F4N2O4/c1-3-11-34-26(35)18-6-4-5-17(12-18)20-13-21-23(14-22(20)37-15-28(30,31)32)38-25(24(21)27(36)33-2)16-7-9-19(29)10-8-16/h4-10,12-14H,3,11,15H2,1-2H3,(H,33,36)(H,34,35). The van der Waals surface area contributed by atoms with E-state index in [1.165, 1.54) is 49.5 Å². The highest BCUT2D eigenvalue weighted by Crippen LogP contribution is 2.41. The van der Waals surface area contributed by atoms with E-state index < -0.39 is 24.5 Å². The number of carbonyl (C=O) groups excluding carboxylic acids is 2. The quantitative estimate of drug-likeness (QED) is 0.261. The fraction of sp³-hybridized carbons (Fsp3) is 0.214. The van der Waals surface area contributed by atoms with E-state index in [2.05, 4.69) is 10.6 Å². The molecule has 10 heteroatoms. The summed E-state index contributed by atoms with van der Waals surface area (Å²) < 4.78 is 63.8. The summed E-state index contributed by atoms with van der Waals surface area (Å²) in [6, 6.07) is 14.4. The minimum atomic E-state index is -4.61. The van der Waals surface area contributed by atoms with Crippen molar-refractivity contribution in [1.29, 1.82) is 0 Å². The van der Waals surface area contributed by atoms with E-state index in [-0.39, 0.29) is 34.1 Å². The summed E-state index contributed by atoms with van der Waals surface area (Å²) in [5, 5.41) is 5.60. The lowest BCUT2D eigenvalue weighted by atomic mass is 9.98. The second kappa shape index (κ2) is 11.0. The first-order valence-corrected chi connectivity index (χ1v) is 11.8. The van der Waals surface area contributed by atoms with Crippen LogP contribution in [0.1, 0.15) is 34.1 Å². The van der Waals surface area contributed by atoms with Crippen LogP contribution in [0.4, 0.5) is 17.6 Å². The van der Waals surface area contributed by atoms with Crippen LogP contribution >= 0.6 is 0 Å². The minimum Gasteiger partial charge on any atom is -0.483 e. The highest BCUT2D eigenvalue weighted by Gasteiger charge is 2.30. The Hall–Kier alpha value is -4.34. The number of amides is 2. The van der Waals surface area contributed by atoms with E-state index in [0.29, 0.717) is 28.6 Å². The maximum Gasteiger partial charge on any atom is 0.422 e. The number of hydrogen-bond acceptors (Lipinski definition) is 4. The number of nitrogens with one attached hydrogen (secondary N) is 2. The van der Waals surface area contributed by atoms with Crippen molar-refractivity contribution in [2.45, 2.75) is 19.5 Å². The van der Waals surface area contributed by atoms with Gasteiger partial charge in [-0.3, -0.25) is 9.59 Å². The van der Waals surface area contributed by atoms with Crippen LogP contribution in [0.3, 0.4) is 0 Å². The van der Waals surface area contributed by atoms with E-state index in [0.717, 1.165) is 6.42 Å². The van der Waals surface area contributed by atoms with Crippen LogP contribution in [0, 0.1) is 5.82 Å². The maximum absolute atomic E-state index is 13.5. The van der Waals surface area contributed by atoms with Crippen LogP contribution in [0.2, 0.25) is 0 Å². The summed E-state index contributed by atoms with van der Waals surface area (Å²) in [5.74, 6) is -1.36. The molecule has 0 spiro atoms. The largest absolute Gasteiger partial charge is 0.483 e. The van der Waals surface area contributed by atoms with Crippen molar-refractivity contribution >= 4 is 22.8 Å². The van der Waals surface area contributed by atoms with Gasteiger partial charge in [-0.05, 0) is 54.4 Å². The summed E-state index contributed by atoms with van der Waals surface area (Å²) in [6.07, 6.45) is -3.87. The van der Waals surface area contributed by atoms with E-state index in [4.69, 9.17) is 9.15 Å². The van der Waals surface area contributed by atoms with Crippen molar-refractivity contribution in [2.75, 3.05) is 20.2 Å². The molecule has 0 bridgehead atoms. The normalized spacial score (nSPS) is 11.4. The van der Waals surface area contributed by atoms with Gasteiger partial charge in [-0.25, -0.2) is 4.39 Å². The van der Waals surface area contributed by atoms with Crippen LogP contribution in [0.25, 0.3) is 33.4 Å². The third kappa shape index (κ3) is 5.80. The van der Waals surface area contributed by atoms with Gasteiger partial charge in [0.2, 0.25) is 0 Å². The fourth-order valence-corrected chi connectivity index (χ4v) is 3.95. The van der Waals surface area contributed by atoms with E-state index in [1.807, 2.05) is 6.92 Å². The number of alkyl halides is 3. The smallest absolute Gasteiger partial charge is 0.422 e. The van der Waals surface area contributed by atoms with Crippen LogP contribution in [0.15, 0.2) is 65.1 Å². The second-order valence-electron chi connectivity index (χ2n) is 8.48. The number of furan rings is 1. The van der Waals surface area contributed by atoms with Gasteiger partial charge in [0.05, 0.1) is 5.56 Å². The zero-order valence-electron chi connectivity index (χ0n) is 20.5. The molecular weight excluding hydrogens is 504 g/mol. The molecule has 0 saturated heterocycles. The van der Waals surface area contributed by atoms with Crippen molar-refractivity contribution < 1.29 is 36.3 Å². The molecule has 2 amide bonds. The molecule has 0 aliphatic rings. The SMILES string of the molecule is CCCNC(=O)c1cccc(-c2cc3c(C(=O)NC)c(-c4ccc(F)cc4)oc3cc2OCC(F)(F)F)c1. The average Bonchev–Trinajstić information content (AvgIpc) is 3.28. The van der Waals surface area contributed by atoms with Crippen molar-refractivity contribution in [3.05, 3.63) is 77.6 Å². The highest BCUT2D eigenvalue weighted by molar-refractivity contribution is 6.12. The first-order chi connectivity index (χ1) is 18.1. The van der Waals surface area contributed by atoms with Gasteiger partial charge in [-0.15, -0.1) is 0 Å². The van der Waals surface area contributed by atoms with Crippen molar-refractivity contribution in [1.82, 2.24) is 10.6 Å². The Bertz CT molecular complexity index is 1480. The molecule has 38 heavy (non-hydrogen) atoms. The van der Waals surface area contributed by atoms with Gasteiger partial charge in [0.15, 0.2) is 6.61 Å². The first kappa shape index (κ1) is 26.7. The van der Waals surface area contributed by atoms with Gasteiger partial charge in [0.25, 0.3) is 11.8 Å². The van der Waals surface area contributed by atoms with E-state index in [9.17, 15) is 27.2 Å². The van der Waals surface area contributed by atoms with Gasteiger partial charge < -0.3 is 19.8 Å². The molecule has 6 nitrogen and oxygen atoms in total. The molecule has 0 aliphatic carbocycles. The second-order valence-corrected chi connectivity index (χ2v) is 8.48. The van der Waals surface area contributed by atoms with Gasteiger partial charge in [-0.2, -0.15) is 13.2 Å². The molecule has 1 aromatic heterocycles. The number of ether oxygens (including phenoxy) is 1. The van der Waals surface area contributed by atoms with Gasteiger partial charge >= 0.3 is 6.18 Å². The van der Waals surface area contributed by atoms with E-state index in [1.54, 1.807) is 18.2 Å². The predicted molar refractivity (Wildman–Crippen MR) is 135 cm³/mol.